The number of ether oxygens (including phenoxy) is 1. The number of halogens is 2. The van der Waals surface area contributed by atoms with Crippen LogP contribution < -0.4 is 10.1 Å². The summed E-state index contributed by atoms with van der Waals surface area (Å²) in [6, 6.07) is 7.82. The Bertz CT molecular complexity index is 825. The number of carbonyl (C=O) groups excluding carboxylic acids is 2. The standard InChI is InChI=1S/C20H22F2N2O3/c1-12-4-5-17(27-11-19(21)22)10-18(12)14(3)24-20(26)15-6-7-23-16(9-15)8-13(2)25/h4-7,9-10,14,19H,8,11H2,1-3H3,(H,24,26). The minimum absolute atomic E-state index is 0.0373. The van der Waals surface area contributed by atoms with E-state index >= 15 is 0 Å². The first kappa shape index (κ1) is 20.5. The van der Waals surface area contributed by atoms with Crippen LogP contribution in [0.4, 0.5) is 8.78 Å². The van der Waals surface area contributed by atoms with Crippen molar-refractivity contribution in [1.29, 1.82) is 0 Å². The van der Waals surface area contributed by atoms with Gasteiger partial charge in [0.25, 0.3) is 12.3 Å². The molecule has 0 saturated heterocycles. The van der Waals surface area contributed by atoms with Crippen LogP contribution in [0, 0.1) is 6.92 Å². The Morgan fingerprint density at radius 3 is 2.63 bits per heavy atom. The minimum atomic E-state index is -2.55. The molecule has 1 N–H and O–H groups in total. The zero-order valence-electron chi connectivity index (χ0n) is 15.5. The number of benzene rings is 1. The summed E-state index contributed by atoms with van der Waals surface area (Å²) in [6.07, 6.45) is -0.899. The number of pyridine rings is 1. The van der Waals surface area contributed by atoms with Gasteiger partial charge in [0.15, 0.2) is 0 Å². The predicted molar refractivity (Wildman–Crippen MR) is 97.2 cm³/mol. The molecule has 0 fully saturated rings. The molecule has 144 valence electrons. The number of ketones is 1. The van der Waals surface area contributed by atoms with Gasteiger partial charge in [-0.3, -0.25) is 14.6 Å². The molecule has 1 unspecified atom stereocenters. The van der Waals surface area contributed by atoms with Crippen molar-refractivity contribution in [2.75, 3.05) is 6.61 Å². The quantitative estimate of drug-likeness (QED) is 0.764. The number of amides is 1. The predicted octanol–water partition coefficient (Wildman–Crippen LogP) is 3.66. The summed E-state index contributed by atoms with van der Waals surface area (Å²) in [4.78, 5) is 27.8. The van der Waals surface area contributed by atoms with Crippen LogP contribution in [0.1, 0.15) is 47.1 Å². The number of aryl methyl sites for hydroxylation is 1. The fourth-order valence-electron chi connectivity index (χ4n) is 2.66. The molecular formula is C20H22F2N2O3. The maximum atomic E-state index is 12.5. The number of hydrogen-bond donors (Lipinski definition) is 1. The third kappa shape index (κ3) is 6.13. The van der Waals surface area contributed by atoms with Gasteiger partial charge in [0.1, 0.15) is 18.1 Å². The Morgan fingerprint density at radius 2 is 1.96 bits per heavy atom. The number of rotatable bonds is 8. The van der Waals surface area contributed by atoms with Crippen LogP contribution in [0.2, 0.25) is 0 Å². The average molecular weight is 376 g/mol. The Morgan fingerprint density at radius 1 is 1.22 bits per heavy atom. The van der Waals surface area contributed by atoms with E-state index in [1.54, 1.807) is 37.3 Å². The zero-order chi connectivity index (χ0) is 20.0. The number of aromatic nitrogens is 1. The minimum Gasteiger partial charge on any atom is -0.488 e. The molecule has 0 spiro atoms. The molecule has 1 atom stereocenters. The molecule has 0 bridgehead atoms. The summed E-state index contributed by atoms with van der Waals surface area (Å²) in [5, 5.41) is 2.87. The lowest BCUT2D eigenvalue weighted by molar-refractivity contribution is -0.116. The van der Waals surface area contributed by atoms with E-state index in [1.807, 2.05) is 6.92 Å². The molecule has 2 rings (SSSR count). The average Bonchev–Trinajstić information content (AvgIpc) is 2.60. The van der Waals surface area contributed by atoms with E-state index in [1.165, 1.54) is 13.1 Å². The van der Waals surface area contributed by atoms with Crippen LogP contribution in [0.15, 0.2) is 36.5 Å². The highest BCUT2D eigenvalue weighted by Gasteiger charge is 2.15. The van der Waals surface area contributed by atoms with Crippen molar-refractivity contribution < 1.29 is 23.1 Å². The summed E-state index contributed by atoms with van der Waals surface area (Å²) in [5.41, 5.74) is 2.60. The highest BCUT2D eigenvalue weighted by atomic mass is 19.3. The van der Waals surface area contributed by atoms with E-state index in [0.717, 1.165) is 11.1 Å². The van der Waals surface area contributed by atoms with Crippen LogP contribution in [0.25, 0.3) is 0 Å². The molecule has 1 heterocycles. The number of nitrogens with one attached hydrogen (secondary N) is 1. The lowest BCUT2D eigenvalue weighted by Crippen LogP contribution is -2.27. The van der Waals surface area contributed by atoms with E-state index in [9.17, 15) is 18.4 Å². The maximum Gasteiger partial charge on any atom is 0.272 e. The lowest BCUT2D eigenvalue weighted by atomic mass is 10.0. The molecule has 0 aliphatic carbocycles. The summed E-state index contributed by atoms with van der Waals surface area (Å²) in [7, 11) is 0. The molecule has 0 radical (unpaired) electrons. The Hall–Kier alpha value is -2.83. The van der Waals surface area contributed by atoms with Crippen molar-refractivity contribution in [3.05, 3.63) is 58.9 Å². The van der Waals surface area contributed by atoms with Gasteiger partial charge in [-0.05, 0) is 56.2 Å². The highest BCUT2D eigenvalue weighted by Crippen LogP contribution is 2.24. The molecule has 1 aromatic heterocycles. The number of Topliss-reactive ketones (excluding diaryl/α,β-unsaturated/α-hetero) is 1. The van der Waals surface area contributed by atoms with Gasteiger partial charge in [-0.15, -0.1) is 0 Å². The van der Waals surface area contributed by atoms with Crippen LogP contribution in [-0.4, -0.2) is 29.7 Å². The van der Waals surface area contributed by atoms with Gasteiger partial charge in [-0.1, -0.05) is 6.07 Å². The van der Waals surface area contributed by atoms with E-state index < -0.39 is 13.0 Å². The van der Waals surface area contributed by atoms with Crippen molar-refractivity contribution in [2.45, 2.75) is 39.7 Å². The van der Waals surface area contributed by atoms with Crippen LogP contribution >= 0.6 is 0 Å². The number of nitrogens with zero attached hydrogens (tertiary/aromatic N) is 1. The van der Waals surface area contributed by atoms with Gasteiger partial charge in [-0.2, -0.15) is 0 Å². The second-order valence-electron chi connectivity index (χ2n) is 6.33. The number of alkyl halides is 2. The molecule has 0 saturated carbocycles. The fraction of sp³-hybridized carbons (Fsp3) is 0.350. The number of hydrogen-bond acceptors (Lipinski definition) is 4. The van der Waals surface area contributed by atoms with Crippen molar-refractivity contribution in [3.63, 3.8) is 0 Å². The van der Waals surface area contributed by atoms with E-state index in [2.05, 4.69) is 10.3 Å². The summed E-state index contributed by atoms with van der Waals surface area (Å²) in [5.74, 6) is -0.0256. The van der Waals surface area contributed by atoms with Gasteiger partial charge >= 0.3 is 0 Å². The molecule has 27 heavy (non-hydrogen) atoms. The normalized spacial score (nSPS) is 11.9. The summed E-state index contributed by atoms with van der Waals surface area (Å²) < 4.78 is 29.7. The summed E-state index contributed by atoms with van der Waals surface area (Å²) >= 11 is 0. The second kappa shape index (κ2) is 9.21. The van der Waals surface area contributed by atoms with Gasteiger partial charge < -0.3 is 10.1 Å². The molecule has 5 nitrogen and oxygen atoms in total. The molecule has 7 heteroatoms. The first-order valence-electron chi connectivity index (χ1n) is 8.53. The highest BCUT2D eigenvalue weighted by molar-refractivity contribution is 5.94. The third-order valence-corrected chi connectivity index (χ3v) is 3.95. The first-order chi connectivity index (χ1) is 12.8. The second-order valence-corrected chi connectivity index (χ2v) is 6.33. The lowest BCUT2D eigenvalue weighted by Gasteiger charge is -2.18. The summed E-state index contributed by atoms with van der Waals surface area (Å²) in [6.45, 7) is 4.45. The van der Waals surface area contributed by atoms with Crippen LogP contribution in [-0.2, 0) is 11.2 Å². The van der Waals surface area contributed by atoms with Crippen molar-refractivity contribution in [3.8, 4) is 5.75 Å². The molecular weight excluding hydrogens is 354 g/mol. The largest absolute Gasteiger partial charge is 0.488 e. The number of carbonyl (C=O) groups is 2. The van der Waals surface area contributed by atoms with E-state index in [-0.39, 0.29) is 24.2 Å². The Labute approximate surface area is 156 Å². The third-order valence-electron chi connectivity index (χ3n) is 3.95. The first-order valence-corrected chi connectivity index (χ1v) is 8.53. The van der Waals surface area contributed by atoms with E-state index in [4.69, 9.17) is 4.74 Å². The Kier molecular flexibility index (Phi) is 6.98. The molecule has 1 amide bonds. The monoisotopic (exact) mass is 376 g/mol. The van der Waals surface area contributed by atoms with Crippen molar-refractivity contribution >= 4 is 11.7 Å². The van der Waals surface area contributed by atoms with Gasteiger partial charge in [0, 0.05) is 23.9 Å². The maximum absolute atomic E-state index is 12.5. The van der Waals surface area contributed by atoms with Crippen LogP contribution in [0.5, 0.6) is 5.75 Å². The smallest absolute Gasteiger partial charge is 0.272 e. The molecule has 2 aromatic rings. The van der Waals surface area contributed by atoms with Crippen LogP contribution in [0.3, 0.4) is 0 Å². The molecule has 1 aromatic carbocycles. The SMILES string of the molecule is CC(=O)Cc1cc(C(=O)NC(C)c2cc(OCC(F)F)ccc2C)ccn1. The fourth-order valence-corrected chi connectivity index (χ4v) is 2.66. The van der Waals surface area contributed by atoms with Crippen molar-refractivity contribution in [2.24, 2.45) is 0 Å². The van der Waals surface area contributed by atoms with E-state index in [0.29, 0.717) is 17.0 Å². The Balaban J connectivity index is 2.12. The molecule has 0 aliphatic rings. The van der Waals surface area contributed by atoms with Gasteiger partial charge in [0.05, 0.1) is 6.04 Å². The van der Waals surface area contributed by atoms with Gasteiger partial charge in [0.2, 0.25) is 0 Å². The molecule has 0 aliphatic heterocycles. The van der Waals surface area contributed by atoms with Crippen molar-refractivity contribution in [1.82, 2.24) is 10.3 Å². The zero-order valence-corrected chi connectivity index (χ0v) is 15.5. The van der Waals surface area contributed by atoms with Gasteiger partial charge in [-0.25, -0.2) is 8.78 Å². The topological polar surface area (TPSA) is 68.3 Å².